The summed E-state index contributed by atoms with van der Waals surface area (Å²) in [4.78, 5) is 32.7. The zero-order chi connectivity index (χ0) is 22.0. The van der Waals surface area contributed by atoms with Crippen molar-refractivity contribution in [2.75, 3.05) is 32.1 Å². The molecule has 0 aliphatic heterocycles. The molecule has 0 radical (unpaired) electrons. The zero-order valence-corrected chi connectivity index (χ0v) is 20.1. The van der Waals surface area contributed by atoms with Crippen LogP contribution in [0.4, 0.5) is 10.8 Å². The number of fused-ring (bicyclic) bond motifs is 1. The Labute approximate surface area is 196 Å². The number of thiazole rings is 1. The Morgan fingerprint density at radius 3 is 2.52 bits per heavy atom. The summed E-state index contributed by atoms with van der Waals surface area (Å²) in [6.07, 6.45) is 0.732. The molecule has 0 spiro atoms. The molecule has 1 aromatic heterocycles. The number of anilines is 1. The minimum absolute atomic E-state index is 0. The van der Waals surface area contributed by atoms with Crippen LogP contribution in [-0.2, 0) is 0 Å². The van der Waals surface area contributed by atoms with Crippen LogP contribution in [0, 0.1) is 24.0 Å². The molecule has 0 fully saturated rings. The maximum atomic E-state index is 13.5. The van der Waals surface area contributed by atoms with Crippen LogP contribution in [0.25, 0.3) is 10.2 Å². The number of nitro benzene ring substituents is 1. The molecule has 31 heavy (non-hydrogen) atoms. The molecule has 0 bridgehead atoms. The summed E-state index contributed by atoms with van der Waals surface area (Å²) in [5.74, 6) is -0.303. The maximum absolute atomic E-state index is 13.5. The standard InChI is InChI=1S/C21H23ClN4O3S.ClH/c1-13-9-10-16(22)19-18(13)23-21(30-19)25(12-6-11-24(3)4)20(27)15-7-5-8-17(14(15)2)26(28)29;/h5,7-10H,6,11-12H2,1-4H3;1H. The van der Waals surface area contributed by atoms with Gasteiger partial charge < -0.3 is 4.90 Å². The number of nitro groups is 1. The lowest BCUT2D eigenvalue weighted by Gasteiger charge is -2.21. The second-order valence-corrected chi connectivity index (χ2v) is 8.74. The van der Waals surface area contributed by atoms with E-state index < -0.39 is 4.92 Å². The summed E-state index contributed by atoms with van der Waals surface area (Å²) in [5.41, 5.74) is 2.32. The van der Waals surface area contributed by atoms with E-state index in [1.54, 1.807) is 17.9 Å². The zero-order valence-electron chi connectivity index (χ0n) is 17.7. The molecule has 7 nitrogen and oxygen atoms in total. The first-order valence-electron chi connectivity index (χ1n) is 9.47. The highest BCUT2D eigenvalue weighted by atomic mass is 35.5. The van der Waals surface area contributed by atoms with Crippen molar-refractivity contribution in [1.82, 2.24) is 9.88 Å². The number of carbonyl (C=O) groups is 1. The van der Waals surface area contributed by atoms with E-state index >= 15 is 0 Å². The van der Waals surface area contributed by atoms with Crippen molar-refractivity contribution < 1.29 is 9.72 Å². The smallest absolute Gasteiger partial charge is 0.273 e. The van der Waals surface area contributed by atoms with Crippen molar-refractivity contribution in [1.29, 1.82) is 0 Å². The molecule has 166 valence electrons. The van der Waals surface area contributed by atoms with Gasteiger partial charge in [-0.3, -0.25) is 19.8 Å². The van der Waals surface area contributed by atoms with Gasteiger partial charge in [-0.05, 0) is 58.6 Å². The fourth-order valence-corrected chi connectivity index (χ4v) is 4.57. The van der Waals surface area contributed by atoms with Crippen molar-refractivity contribution in [2.45, 2.75) is 20.3 Å². The van der Waals surface area contributed by atoms with E-state index in [1.807, 2.05) is 38.1 Å². The Bertz CT molecular complexity index is 1080. The number of nitrogens with zero attached hydrogens (tertiary/aromatic N) is 4. The van der Waals surface area contributed by atoms with Crippen LogP contribution in [-0.4, -0.2) is 47.9 Å². The molecular formula is C21H24Cl2N4O3S. The van der Waals surface area contributed by atoms with Gasteiger partial charge in [0.05, 0.1) is 20.2 Å². The molecule has 1 heterocycles. The number of amides is 1. The molecule has 0 N–H and O–H groups in total. The third kappa shape index (κ3) is 5.33. The van der Waals surface area contributed by atoms with E-state index in [4.69, 9.17) is 16.6 Å². The molecule has 10 heteroatoms. The number of benzene rings is 2. The Kier molecular flexibility index (Phi) is 8.36. The molecule has 1 amide bonds. The summed E-state index contributed by atoms with van der Waals surface area (Å²) < 4.78 is 0.827. The Hall–Kier alpha value is -2.26. The van der Waals surface area contributed by atoms with E-state index in [2.05, 4.69) is 0 Å². The van der Waals surface area contributed by atoms with Gasteiger partial charge in [-0.15, -0.1) is 12.4 Å². The lowest BCUT2D eigenvalue weighted by molar-refractivity contribution is -0.385. The van der Waals surface area contributed by atoms with Crippen LogP contribution in [0.3, 0.4) is 0 Å². The number of aryl methyl sites for hydroxylation is 1. The summed E-state index contributed by atoms with van der Waals surface area (Å²) in [6.45, 7) is 4.78. The number of hydrogen-bond donors (Lipinski definition) is 0. The number of hydrogen-bond acceptors (Lipinski definition) is 6. The summed E-state index contributed by atoms with van der Waals surface area (Å²) in [5, 5.41) is 12.5. The van der Waals surface area contributed by atoms with Gasteiger partial charge in [0.2, 0.25) is 0 Å². The van der Waals surface area contributed by atoms with Crippen molar-refractivity contribution in [3.05, 3.63) is 62.2 Å². The van der Waals surface area contributed by atoms with Gasteiger partial charge in [-0.2, -0.15) is 0 Å². The van der Waals surface area contributed by atoms with Crippen LogP contribution >= 0.6 is 35.3 Å². The number of halogens is 2. The number of aromatic nitrogens is 1. The molecule has 0 saturated heterocycles. The molecule has 0 unspecified atom stereocenters. The highest BCUT2D eigenvalue weighted by molar-refractivity contribution is 7.23. The SMILES string of the molecule is Cc1c(C(=O)N(CCCN(C)C)c2nc3c(C)ccc(Cl)c3s2)cccc1[N+](=O)[O-].Cl. The van der Waals surface area contributed by atoms with Gasteiger partial charge in [0, 0.05) is 23.7 Å². The molecule has 0 aliphatic rings. The van der Waals surface area contributed by atoms with Gasteiger partial charge in [0.1, 0.15) is 0 Å². The first-order valence-corrected chi connectivity index (χ1v) is 10.7. The van der Waals surface area contributed by atoms with Gasteiger partial charge in [-0.25, -0.2) is 4.98 Å². The van der Waals surface area contributed by atoms with Gasteiger partial charge in [0.25, 0.3) is 11.6 Å². The average Bonchev–Trinajstić information content (AvgIpc) is 3.14. The van der Waals surface area contributed by atoms with Crippen LogP contribution < -0.4 is 4.90 Å². The topological polar surface area (TPSA) is 79.6 Å². The average molecular weight is 483 g/mol. The van der Waals surface area contributed by atoms with E-state index in [9.17, 15) is 14.9 Å². The van der Waals surface area contributed by atoms with Gasteiger partial charge in [0.15, 0.2) is 5.13 Å². The second kappa shape index (κ2) is 10.4. The van der Waals surface area contributed by atoms with Crippen LogP contribution in [0.15, 0.2) is 30.3 Å². The summed E-state index contributed by atoms with van der Waals surface area (Å²) in [6, 6.07) is 8.29. The predicted octanol–water partition coefficient (Wildman–Crippen LogP) is 5.50. The third-order valence-corrected chi connectivity index (χ3v) is 6.42. The van der Waals surface area contributed by atoms with E-state index in [0.29, 0.717) is 27.8 Å². The molecule has 0 atom stereocenters. The first kappa shape index (κ1) is 25.0. The predicted molar refractivity (Wildman–Crippen MR) is 129 cm³/mol. The Morgan fingerprint density at radius 2 is 1.90 bits per heavy atom. The normalized spacial score (nSPS) is 10.9. The monoisotopic (exact) mass is 482 g/mol. The van der Waals surface area contributed by atoms with Crippen LogP contribution in [0.1, 0.15) is 27.9 Å². The van der Waals surface area contributed by atoms with Gasteiger partial charge in [-0.1, -0.05) is 35.1 Å². The van der Waals surface area contributed by atoms with Crippen molar-refractivity contribution in [3.63, 3.8) is 0 Å². The minimum atomic E-state index is -0.469. The molecule has 2 aromatic carbocycles. The molecular weight excluding hydrogens is 459 g/mol. The van der Waals surface area contributed by atoms with E-state index in [-0.39, 0.29) is 24.0 Å². The first-order chi connectivity index (χ1) is 14.2. The van der Waals surface area contributed by atoms with E-state index in [0.717, 1.165) is 28.7 Å². The summed E-state index contributed by atoms with van der Waals surface area (Å²) >= 11 is 7.71. The molecule has 0 aliphatic carbocycles. The molecule has 3 aromatic rings. The van der Waals surface area contributed by atoms with Crippen molar-refractivity contribution in [3.8, 4) is 0 Å². The Balaban J connectivity index is 0.00000341. The highest BCUT2D eigenvalue weighted by Crippen LogP contribution is 2.36. The highest BCUT2D eigenvalue weighted by Gasteiger charge is 2.26. The van der Waals surface area contributed by atoms with Crippen molar-refractivity contribution in [2.24, 2.45) is 0 Å². The lowest BCUT2D eigenvalue weighted by atomic mass is 10.1. The lowest BCUT2D eigenvalue weighted by Crippen LogP contribution is -2.34. The van der Waals surface area contributed by atoms with Crippen LogP contribution in [0.2, 0.25) is 5.02 Å². The quantitative estimate of drug-likeness (QED) is 0.328. The fourth-order valence-electron chi connectivity index (χ4n) is 3.23. The number of carbonyl (C=O) groups excluding carboxylic acids is 1. The van der Waals surface area contributed by atoms with E-state index in [1.165, 1.54) is 23.5 Å². The largest absolute Gasteiger partial charge is 0.309 e. The van der Waals surface area contributed by atoms with Gasteiger partial charge >= 0.3 is 0 Å². The molecule has 3 rings (SSSR count). The van der Waals surface area contributed by atoms with Crippen LogP contribution in [0.5, 0.6) is 0 Å². The maximum Gasteiger partial charge on any atom is 0.273 e. The summed E-state index contributed by atoms with van der Waals surface area (Å²) in [7, 11) is 3.94. The Morgan fingerprint density at radius 1 is 1.19 bits per heavy atom. The third-order valence-electron chi connectivity index (χ3n) is 4.88. The van der Waals surface area contributed by atoms with Crippen molar-refractivity contribution >= 4 is 62.3 Å². The number of rotatable bonds is 7. The minimum Gasteiger partial charge on any atom is -0.309 e. The second-order valence-electron chi connectivity index (χ2n) is 7.36. The molecule has 0 saturated carbocycles. The fraction of sp³-hybridized carbons (Fsp3) is 0.333.